The Balaban J connectivity index is 1.49. The maximum Gasteiger partial charge on any atom is 0.200 e. The van der Waals surface area contributed by atoms with Gasteiger partial charge in [-0.1, -0.05) is 104 Å². The van der Waals surface area contributed by atoms with Crippen LogP contribution in [0.25, 0.3) is 0 Å². The van der Waals surface area contributed by atoms with Gasteiger partial charge >= 0.3 is 0 Å². The molecule has 3 aromatic carbocycles. The van der Waals surface area contributed by atoms with Crippen molar-refractivity contribution in [3.05, 3.63) is 120 Å². The summed E-state index contributed by atoms with van der Waals surface area (Å²) in [6.45, 7) is 0.607. The van der Waals surface area contributed by atoms with E-state index >= 15 is 0 Å². The third-order valence-electron chi connectivity index (χ3n) is 7.92. The highest BCUT2D eigenvalue weighted by Gasteiger charge is 2.62. The predicted octanol–water partition coefficient (Wildman–Crippen LogP) is 6.58. The summed E-state index contributed by atoms with van der Waals surface area (Å²) < 4.78 is 19.6. The fraction of sp³-hybridized carbons (Fsp3) is 0.333. The van der Waals surface area contributed by atoms with Crippen LogP contribution in [0, 0.1) is 5.41 Å². The lowest BCUT2D eigenvalue weighted by atomic mass is 9.63. The molecule has 6 rings (SSSR count). The first-order valence-corrected chi connectivity index (χ1v) is 12.1. The number of hydrogen-bond acceptors (Lipinski definition) is 3. The molecule has 3 nitrogen and oxygen atoms in total. The van der Waals surface area contributed by atoms with Crippen LogP contribution in [0.3, 0.4) is 0 Å². The number of rotatable bonds is 6. The number of benzene rings is 3. The van der Waals surface area contributed by atoms with Gasteiger partial charge in [-0.05, 0) is 35.6 Å². The molecule has 3 aliphatic rings. The standard InChI is InChI=1S/C30H30O3/c1-4-12-24(13-5-1)30(25-14-6-2-7-15-25,26-16-8-3-9-17-26)32-23-28-18-10-11-19-29(28)20-21-31-27(22-28)33-29/h1-9,12-17,20-21,27H,10-11,18-19,22-23H2/t27-,28+,29-/m1/s1. The van der Waals surface area contributed by atoms with Gasteiger partial charge in [0.1, 0.15) is 11.2 Å². The van der Waals surface area contributed by atoms with Crippen LogP contribution in [-0.4, -0.2) is 18.5 Å². The molecule has 168 valence electrons. The van der Waals surface area contributed by atoms with Crippen molar-refractivity contribution in [2.45, 2.75) is 49.6 Å². The molecule has 3 aromatic rings. The van der Waals surface area contributed by atoms with Gasteiger partial charge in [-0.25, -0.2) is 0 Å². The highest BCUT2D eigenvalue weighted by molar-refractivity contribution is 5.47. The minimum absolute atomic E-state index is 0.0908. The monoisotopic (exact) mass is 438 g/mol. The predicted molar refractivity (Wildman–Crippen MR) is 129 cm³/mol. The van der Waals surface area contributed by atoms with Gasteiger partial charge in [-0.2, -0.15) is 0 Å². The summed E-state index contributed by atoms with van der Waals surface area (Å²) in [6, 6.07) is 31.9. The summed E-state index contributed by atoms with van der Waals surface area (Å²) in [7, 11) is 0. The largest absolute Gasteiger partial charge is 0.473 e. The highest BCUT2D eigenvalue weighted by atomic mass is 16.7. The summed E-state index contributed by atoms with van der Waals surface area (Å²) >= 11 is 0. The zero-order valence-electron chi connectivity index (χ0n) is 18.9. The molecule has 0 unspecified atom stereocenters. The molecule has 2 fully saturated rings. The van der Waals surface area contributed by atoms with E-state index in [-0.39, 0.29) is 17.3 Å². The van der Waals surface area contributed by atoms with Crippen molar-refractivity contribution < 1.29 is 14.2 Å². The average molecular weight is 439 g/mol. The number of ether oxygens (including phenoxy) is 3. The van der Waals surface area contributed by atoms with Crippen LogP contribution in [0.1, 0.15) is 48.8 Å². The highest BCUT2D eigenvalue weighted by Crippen LogP contribution is 2.59. The molecule has 2 aliphatic heterocycles. The van der Waals surface area contributed by atoms with E-state index in [1.807, 2.05) is 6.26 Å². The van der Waals surface area contributed by atoms with Crippen LogP contribution >= 0.6 is 0 Å². The van der Waals surface area contributed by atoms with Crippen LogP contribution in [0.4, 0.5) is 0 Å². The Morgan fingerprint density at radius 1 is 0.758 bits per heavy atom. The van der Waals surface area contributed by atoms with E-state index in [1.54, 1.807) is 0 Å². The zero-order chi connectivity index (χ0) is 22.2. The average Bonchev–Trinajstić information content (AvgIpc) is 3.12. The topological polar surface area (TPSA) is 27.7 Å². The molecule has 3 heteroatoms. The first-order valence-electron chi connectivity index (χ1n) is 12.1. The van der Waals surface area contributed by atoms with Gasteiger partial charge < -0.3 is 14.2 Å². The molecule has 0 radical (unpaired) electrons. The summed E-state index contributed by atoms with van der Waals surface area (Å²) in [5, 5.41) is 0. The summed E-state index contributed by atoms with van der Waals surface area (Å²) in [5.74, 6) is 0. The SMILES string of the molecule is C1=C[C@]23CCCC[C@@]2(COC(c2ccccc2)(c2ccccc2)c2ccccc2)C[C@H](O1)O3. The molecule has 1 saturated carbocycles. The van der Waals surface area contributed by atoms with Crippen LogP contribution in [0.15, 0.2) is 103 Å². The lowest BCUT2D eigenvalue weighted by molar-refractivity contribution is -0.173. The van der Waals surface area contributed by atoms with E-state index in [2.05, 4.69) is 97.1 Å². The Hall–Kier alpha value is -2.88. The molecular formula is C30H30O3. The van der Waals surface area contributed by atoms with Crippen molar-refractivity contribution in [1.82, 2.24) is 0 Å². The molecule has 33 heavy (non-hydrogen) atoms. The van der Waals surface area contributed by atoms with Gasteiger partial charge in [0.15, 0.2) is 0 Å². The quantitative estimate of drug-likeness (QED) is 0.407. The Bertz CT molecular complexity index is 1010. The Kier molecular flexibility index (Phi) is 5.12. The first-order chi connectivity index (χ1) is 16.3. The van der Waals surface area contributed by atoms with E-state index in [4.69, 9.17) is 14.2 Å². The van der Waals surface area contributed by atoms with Crippen LogP contribution in [0.5, 0.6) is 0 Å². The van der Waals surface area contributed by atoms with E-state index in [0.29, 0.717) is 6.61 Å². The third kappa shape index (κ3) is 3.25. The molecule has 0 aromatic heterocycles. The molecule has 0 amide bonds. The Labute approximate surface area is 196 Å². The van der Waals surface area contributed by atoms with Gasteiger partial charge in [0.05, 0.1) is 12.9 Å². The summed E-state index contributed by atoms with van der Waals surface area (Å²) in [4.78, 5) is 0. The van der Waals surface area contributed by atoms with E-state index < -0.39 is 5.60 Å². The second kappa shape index (κ2) is 8.16. The normalized spacial score (nSPS) is 28.2. The fourth-order valence-corrected chi connectivity index (χ4v) is 6.26. The van der Waals surface area contributed by atoms with Gasteiger partial charge in [0.25, 0.3) is 0 Å². The van der Waals surface area contributed by atoms with Gasteiger partial charge in [0, 0.05) is 11.8 Å². The molecule has 2 heterocycles. The molecular weight excluding hydrogens is 408 g/mol. The van der Waals surface area contributed by atoms with Crippen molar-refractivity contribution in [2.24, 2.45) is 5.41 Å². The van der Waals surface area contributed by atoms with E-state index in [9.17, 15) is 0 Å². The van der Waals surface area contributed by atoms with Gasteiger partial charge in [-0.15, -0.1) is 0 Å². The van der Waals surface area contributed by atoms with Crippen molar-refractivity contribution >= 4 is 0 Å². The first kappa shape index (κ1) is 20.7. The van der Waals surface area contributed by atoms with Gasteiger partial charge in [0.2, 0.25) is 6.29 Å². The minimum Gasteiger partial charge on any atom is -0.473 e. The van der Waals surface area contributed by atoms with Gasteiger partial charge in [-0.3, -0.25) is 0 Å². The lowest BCUT2D eigenvalue weighted by Gasteiger charge is -2.48. The Morgan fingerprint density at radius 2 is 1.30 bits per heavy atom. The zero-order valence-corrected chi connectivity index (χ0v) is 18.9. The third-order valence-corrected chi connectivity index (χ3v) is 7.92. The van der Waals surface area contributed by atoms with E-state index in [1.165, 1.54) is 12.8 Å². The van der Waals surface area contributed by atoms with Crippen LogP contribution in [0.2, 0.25) is 0 Å². The smallest absolute Gasteiger partial charge is 0.200 e. The second-order valence-corrected chi connectivity index (χ2v) is 9.64. The summed E-state index contributed by atoms with van der Waals surface area (Å²) in [5.41, 5.74) is 2.32. The van der Waals surface area contributed by atoms with E-state index in [0.717, 1.165) is 36.0 Å². The van der Waals surface area contributed by atoms with Crippen molar-refractivity contribution in [2.75, 3.05) is 6.61 Å². The van der Waals surface area contributed by atoms with Crippen LogP contribution in [-0.2, 0) is 19.8 Å². The fourth-order valence-electron chi connectivity index (χ4n) is 6.26. The molecule has 0 N–H and O–H groups in total. The molecule has 1 saturated heterocycles. The lowest BCUT2D eigenvalue weighted by Crippen LogP contribution is -2.51. The summed E-state index contributed by atoms with van der Waals surface area (Å²) in [6.07, 6.45) is 9.22. The van der Waals surface area contributed by atoms with Crippen molar-refractivity contribution in [1.29, 1.82) is 0 Å². The van der Waals surface area contributed by atoms with Crippen molar-refractivity contribution in [3.63, 3.8) is 0 Å². The molecule has 1 spiro atoms. The molecule has 2 bridgehead atoms. The second-order valence-electron chi connectivity index (χ2n) is 9.64. The maximum absolute atomic E-state index is 7.27. The maximum atomic E-state index is 7.27. The molecule has 1 aliphatic carbocycles. The number of fused-ring (bicyclic) bond motifs is 1. The van der Waals surface area contributed by atoms with Crippen LogP contribution < -0.4 is 0 Å². The van der Waals surface area contributed by atoms with Crippen molar-refractivity contribution in [3.8, 4) is 0 Å². The molecule has 3 atom stereocenters. The Morgan fingerprint density at radius 3 is 1.88 bits per heavy atom. The minimum atomic E-state index is -0.710. The number of hydrogen-bond donors (Lipinski definition) is 0.